The fourth-order valence-corrected chi connectivity index (χ4v) is 3.82. The smallest absolute Gasteiger partial charge is 0.421 e. The Balaban J connectivity index is 2.04. The largest absolute Gasteiger partial charge is 0.473 e. The third kappa shape index (κ3) is 5.70. The molecule has 11 heteroatoms. The van der Waals surface area contributed by atoms with Crippen LogP contribution < -0.4 is 10.5 Å². The van der Waals surface area contributed by atoms with Crippen molar-refractivity contribution in [3.63, 3.8) is 0 Å². The van der Waals surface area contributed by atoms with E-state index in [1.807, 2.05) is 13.8 Å². The van der Waals surface area contributed by atoms with Crippen LogP contribution in [-0.4, -0.2) is 28.3 Å². The standard InChI is InChI=1S/C23H22F5N3O3/c1-12(2)9-22(3,34-21(29)32)11-33-20-16(23(26,27)28)6-13(10-31-20)15-4-5-30-18-8-14(24)7-17(25)19(15)18/h4-8,10,12H,9,11H2,1-3H3,(H2,29,32)/t22-/m0/s1. The Morgan fingerprint density at radius 1 is 1.15 bits per heavy atom. The van der Waals surface area contributed by atoms with Crippen molar-refractivity contribution in [2.45, 2.75) is 39.0 Å². The van der Waals surface area contributed by atoms with Gasteiger partial charge in [-0.05, 0) is 37.0 Å². The van der Waals surface area contributed by atoms with Gasteiger partial charge in [-0.2, -0.15) is 13.2 Å². The number of halogens is 5. The van der Waals surface area contributed by atoms with Crippen molar-refractivity contribution in [3.8, 4) is 17.0 Å². The van der Waals surface area contributed by atoms with Gasteiger partial charge >= 0.3 is 12.3 Å². The van der Waals surface area contributed by atoms with Gasteiger partial charge in [-0.25, -0.2) is 18.6 Å². The molecule has 0 aliphatic heterocycles. The van der Waals surface area contributed by atoms with Crippen LogP contribution in [0, 0.1) is 17.6 Å². The number of primary amides is 1. The maximum atomic E-state index is 14.5. The molecular weight excluding hydrogens is 461 g/mol. The molecule has 0 saturated heterocycles. The SMILES string of the molecule is CC(C)C[C@@](C)(COc1ncc(-c2ccnc3cc(F)cc(F)c23)cc1C(F)(F)F)OC(N)=O. The van der Waals surface area contributed by atoms with Crippen LogP contribution in [0.4, 0.5) is 26.7 Å². The lowest BCUT2D eigenvalue weighted by molar-refractivity contribution is -0.140. The Kier molecular flexibility index (Phi) is 6.94. The number of benzene rings is 1. The van der Waals surface area contributed by atoms with Crippen molar-refractivity contribution in [3.05, 3.63) is 53.9 Å². The van der Waals surface area contributed by atoms with E-state index >= 15 is 0 Å². The maximum absolute atomic E-state index is 14.5. The summed E-state index contributed by atoms with van der Waals surface area (Å²) in [4.78, 5) is 19.0. The number of alkyl halides is 3. The summed E-state index contributed by atoms with van der Waals surface area (Å²) in [6, 6.07) is 3.67. The zero-order valence-electron chi connectivity index (χ0n) is 18.5. The molecular formula is C23H22F5N3O3. The molecule has 0 spiro atoms. The molecule has 1 atom stereocenters. The molecule has 1 amide bonds. The van der Waals surface area contributed by atoms with Crippen molar-refractivity contribution < 1.29 is 36.2 Å². The fraction of sp³-hybridized carbons (Fsp3) is 0.348. The summed E-state index contributed by atoms with van der Waals surface area (Å²) >= 11 is 0. The van der Waals surface area contributed by atoms with Crippen LogP contribution in [-0.2, 0) is 10.9 Å². The Bertz CT molecular complexity index is 1220. The van der Waals surface area contributed by atoms with Crippen LogP contribution in [0.2, 0.25) is 0 Å². The first-order chi connectivity index (χ1) is 15.8. The van der Waals surface area contributed by atoms with E-state index in [1.54, 1.807) is 0 Å². The third-order valence-corrected chi connectivity index (χ3v) is 4.93. The Labute approximate surface area is 191 Å². The molecule has 0 bridgehead atoms. The predicted octanol–water partition coefficient (Wildman–Crippen LogP) is 5.87. The maximum Gasteiger partial charge on any atom is 0.421 e. The Morgan fingerprint density at radius 3 is 2.47 bits per heavy atom. The molecule has 2 N–H and O–H groups in total. The first-order valence-corrected chi connectivity index (χ1v) is 10.2. The van der Waals surface area contributed by atoms with Gasteiger partial charge in [-0.3, -0.25) is 4.98 Å². The van der Waals surface area contributed by atoms with Crippen molar-refractivity contribution in [2.75, 3.05) is 6.61 Å². The number of nitrogens with two attached hydrogens (primary N) is 1. The highest BCUT2D eigenvalue weighted by Crippen LogP contribution is 2.39. The number of nitrogens with zero attached hydrogens (tertiary/aromatic N) is 2. The number of aromatic nitrogens is 2. The number of hydrogen-bond acceptors (Lipinski definition) is 5. The molecule has 0 radical (unpaired) electrons. The monoisotopic (exact) mass is 483 g/mol. The number of hydrogen-bond donors (Lipinski definition) is 1. The molecule has 34 heavy (non-hydrogen) atoms. The highest BCUT2D eigenvalue weighted by Gasteiger charge is 2.38. The van der Waals surface area contributed by atoms with E-state index in [4.69, 9.17) is 15.2 Å². The Morgan fingerprint density at radius 2 is 1.85 bits per heavy atom. The lowest BCUT2D eigenvalue weighted by atomic mass is 9.95. The van der Waals surface area contributed by atoms with Gasteiger partial charge in [0.05, 0.1) is 5.52 Å². The summed E-state index contributed by atoms with van der Waals surface area (Å²) in [5, 5.41) is -0.146. The molecule has 6 nitrogen and oxygen atoms in total. The van der Waals surface area contributed by atoms with E-state index in [1.165, 1.54) is 19.2 Å². The van der Waals surface area contributed by atoms with E-state index in [2.05, 4.69) is 9.97 Å². The minimum Gasteiger partial charge on any atom is -0.473 e. The van der Waals surface area contributed by atoms with Gasteiger partial charge in [-0.1, -0.05) is 13.8 Å². The van der Waals surface area contributed by atoms with Crippen LogP contribution in [0.3, 0.4) is 0 Å². The summed E-state index contributed by atoms with van der Waals surface area (Å²) in [6.45, 7) is 4.72. The second-order valence-electron chi connectivity index (χ2n) is 8.47. The van der Waals surface area contributed by atoms with Crippen molar-refractivity contribution in [1.29, 1.82) is 0 Å². The van der Waals surface area contributed by atoms with Crippen LogP contribution in [0.1, 0.15) is 32.8 Å². The van der Waals surface area contributed by atoms with Gasteiger partial charge < -0.3 is 15.2 Å². The molecule has 1 aromatic carbocycles. The highest BCUT2D eigenvalue weighted by atomic mass is 19.4. The van der Waals surface area contributed by atoms with Crippen LogP contribution >= 0.6 is 0 Å². The molecule has 2 aromatic heterocycles. The first kappa shape index (κ1) is 25.1. The average Bonchev–Trinajstić information content (AvgIpc) is 2.69. The molecule has 0 aliphatic carbocycles. The molecule has 0 unspecified atom stereocenters. The zero-order valence-corrected chi connectivity index (χ0v) is 18.5. The van der Waals surface area contributed by atoms with Gasteiger partial charge in [0.25, 0.3) is 0 Å². The summed E-state index contributed by atoms with van der Waals surface area (Å²) in [5.74, 6) is -2.57. The fourth-order valence-electron chi connectivity index (χ4n) is 3.82. The molecule has 0 saturated carbocycles. The highest BCUT2D eigenvalue weighted by molar-refractivity contribution is 5.94. The van der Waals surface area contributed by atoms with E-state index in [0.717, 1.165) is 18.3 Å². The van der Waals surface area contributed by atoms with Crippen molar-refractivity contribution in [1.82, 2.24) is 9.97 Å². The second kappa shape index (κ2) is 9.40. The van der Waals surface area contributed by atoms with Gasteiger partial charge in [0.1, 0.15) is 29.4 Å². The van der Waals surface area contributed by atoms with Gasteiger partial charge in [0, 0.05) is 35.5 Å². The lowest BCUT2D eigenvalue weighted by Gasteiger charge is -2.30. The van der Waals surface area contributed by atoms with Crippen LogP contribution in [0.5, 0.6) is 5.88 Å². The Hall–Kier alpha value is -3.50. The van der Waals surface area contributed by atoms with E-state index in [-0.39, 0.29) is 34.4 Å². The summed E-state index contributed by atoms with van der Waals surface area (Å²) in [7, 11) is 0. The normalized spacial score (nSPS) is 13.7. The molecule has 2 heterocycles. The number of carbonyl (C=O) groups is 1. The number of pyridine rings is 2. The third-order valence-electron chi connectivity index (χ3n) is 4.93. The number of rotatable bonds is 7. The number of fused-ring (bicyclic) bond motifs is 1. The minimum absolute atomic E-state index is 0.0186. The average molecular weight is 483 g/mol. The molecule has 182 valence electrons. The van der Waals surface area contributed by atoms with E-state index in [9.17, 15) is 26.7 Å². The number of carbonyl (C=O) groups excluding carboxylic acids is 1. The van der Waals surface area contributed by atoms with Gasteiger partial charge in [0.15, 0.2) is 0 Å². The van der Waals surface area contributed by atoms with E-state index in [0.29, 0.717) is 6.07 Å². The number of ether oxygens (including phenoxy) is 2. The predicted molar refractivity (Wildman–Crippen MR) is 114 cm³/mol. The summed E-state index contributed by atoms with van der Waals surface area (Å²) in [5.41, 5.74) is 2.51. The second-order valence-corrected chi connectivity index (χ2v) is 8.47. The first-order valence-electron chi connectivity index (χ1n) is 10.2. The quantitative estimate of drug-likeness (QED) is 0.425. The number of amides is 1. The van der Waals surface area contributed by atoms with Crippen LogP contribution in [0.25, 0.3) is 22.0 Å². The molecule has 0 fully saturated rings. The molecule has 3 aromatic rings. The van der Waals surface area contributed by atoms with Crippen LogP contribution in [0.15, 0.2) is 36.7 Å². The summed E-state index contributed by atoms with van der Waals surface area (Å²) < 4.78 is 80.1. The van der Waals surface area contributed by atoms with Gasteiger partial charge in [0.2, 0.25) is 5.88 Å². The van der Waals surface area contributed by atoms with Crippen molar-refractivity contribution in [2.24, 2.45) is 11.7 Å². The molecule has 3 rings (SSSR count). The molecule has 0 aliphatic rings. The topological polar surface area (TPSA) is 87.3 Å². The zero-order chi connectivity index (χ0) is 25.3. The summed E-state index contributed by atoms with van der Waals surface area (Å²) in [6.07, 6.45) is -3.38. The minimum atomic E-state index is -4.87. The van der Waals surface area contributed by atoms with Gasteiger partial charge in [-0.15, -0.1) is 0 Å². The van der Waals surface area contributed by atoms with Crippen molar-refractivity contribution >= 4 is 17.0 Å². The lowest BCUT2D eigenvalue weighted by Crippen LogP contribution is -2.41. The van der Waals surface area contributed by atoms with E-state index < -0.39 is 47.6 Å².